The molecule has 1 aliphatic carbocycles. The molecular weight excluding hydrogens is 216 g/mol. The van der Waals surface area contributed by atoms with E-state index in [1.807, 2.05) is 4.90 Å². The summed E-state index contributed by atoms with van der Waals surface area (Å²) in [5.74, 6) is 0.584. The summed E-state index contributed by atoms with van der Waals surface area (Å²) in [6.07, 6.45) is 5.42. The molecule has 0 bridgehead atoms. The smallest absolute Gasteiger partial charge is 0.226 e. The Morgan fingerprint density at radius 1 is 1.41 bits per heavy atom. The summed E-state index contributed by atoms with van der Waals surface area (Å²) in [6, 6.07) is 0.0989. The third-order valence-electron chi connectivity index (χ3n) is 4.96. The first-order chi connectivity index (χ1) is 8.27. The average Bonchev–Trinajstić information content (AvgIpc) is 2.86. The second-order valence-corrected chi connectivity index (χ2v) is 5.88. The number of carbonyl (C=O) groups excluding carboxylic acids is 1. The Hall–Kier alpha value is -0.610. The number of hydrogen-bond acceptors (Lipinski definition) is 3. The van der Waals surface area contributed by atoms with Crippen molar-refractivity contribution in [3.05, 3.63) is 0 Å². The minimum absolute atomic E-state index is 0.0989. The van der Waals surface area contributed by atoms with E-state index in [-0.39, 0.29) is 18.6 Å². The Morgan fingerprint density at radius 2 is 2.18 bits per heavy atom. The number of likely N-dealkylation sites (tertiary alicyclic amines) is 1. The molecule has 1 amide bonds. The average molecular weight is 238 g/mol. The van der Waals surface area contributed by atoms with E-state index in [0.29, 0.717) is 11.3 Å². The summed E-state index contributed by atoms with van der Waals surface area (Å²) in [7, 11) is 0. The number of nitrogens with zero attached hydrogens (tertiary/aromatic N) is 1. The quantitative estimate of drug-likeness (QED) is 0.730. The molecule has 1 unspecified atom stereocenters. The van der Waals surface area contributed by atoms with Gasteiger partial charge in [0.15, 0.2) is 0 Å². The molecule has 0 aromatic heterocycles. The van der Waals surface area contributed by atoms with Gasteiger partial charge in [0.25, 0.3) is 0 Å². The van der Waals surface area contributed by atoms with Gasteiger partial charge in [0, 0.05) is 12.5 Å². The molecule has 2 N–H and O–H groups in total. The summed E-state index contributed by atoms with van der Waals surface area (Å²) in [5, 5.41) is 12.6. The fourth-order valence-corrected chi connectivity index (χ4v) is 3.69. The molecule has 2 saturated heterocycles. The summed E-state index contributed by atoms with van der Waals surface area (Å²) < 4.78 is 0. The van der Waals surface area contributed by atoms with Crippen molar-refractivity contribution in [1.82, 2.24) is 10.2 Å². The molecule has 2 atom stereocenters. The highest BCUT2D eigenvalue weighted by atomic mass is 16.3. The normalized spacial score (nSPS) is 35.2. The van der Waals surface area contributed by atoms with Crippen molar-refractivity contribution in [2.75, 3.05) is 26.2 Å². The number of aliphatic hydroxyl groups excluding tert-OH is 1. The monoisotopic (exact) mass is 238 g/mol. The lowest BCUT2D eigenvalue weighted by Crippen LogP contribution is -2.40. The van der Waals surface area contributed by atoms with E-state index in [2.05, 4.69) is 5.32 Å². The molecule has 2 aliphatic heterocycles. The van der Waals surface area contributed by atoms with E-state index in [1.54, 1.807) is 0 Å². The first-order valence-electron chi connectivity index (χ1n) is 6.89. The van der Waals surface area contributed by atoms with Crippen LogP contribution in [0.2, 0.25) is 0 Å². The van der Waals surface area contributed by atoms with E-state index in [9.17, 15) is 9.90 Å². The van der Waals surface area contributed by atoms with Gasteiger partial charge in [0.1, 0.15) is 0 Å². The van der Waals surface area contributed by atoms with Crippen LogP contribution in [0.1, 0.15) is 32.1 Å². The van der Waals surface area contributed by atoms with E-state index < -0.39 is 0 Å². The van der Waals surface area contributed by atoms with Gasteiger partial charge in [-0.15, -0.1) is 0 Å². The Morgan fingerprint density at radius 3 is 2.88 bits per heavy atom. The fourth-order valence-electron chi connectivity index (χ4n) is 3.69. The van der Waals surface area contributed by atoms with Gasteiger partial charge in [-0.25, -0.2) is 0 Å². The molecule has 17 heavy (non-hydrogen) atoms. The van der Waals surface area contributed by atoms with Gasteiger partial charge in [0.2, 0.25) is 5.91 Å². The Balaban J connectivity index is 1.64. The molecule has 96 valence electrons. The van der Waals surface area contributed by atoms with Gasteiger partial charge in [-0.2, -0.15) is 0 Å². The predicted octanol–water partition coefficient (Wildman–Crippen LogP) is 0.359. The van der Waals surface area contributed by atoms with Gasteiger partial charge in [-0.1, -0.05) is 0 Å². The van der Waals surface area contributed by atoms with Crippen LogP contribution in [0.3, 0.4) is 0 Å². The van der Waals surface area contributed by atoms with Crippen molar-refractivity contribution < 1.29 is 9.90 Å². The van der Waals surface area contributed by atoms with Crippen molar-refractivity contribution >= 4 is 5.91 Å². The van der Waals surface area contributed by atoms with Crippen molar-refractivity contribution in [1.29, 1.82) is 0 Å². The zero-order valence-corrected chi connectivity index (χ0v) is 10.3. The highest BCUT2D eigenvalue weighted by molar-refractivity contribution is 5.83. The summed E-state index contributed by atoms with van der Waals surface area (Å²) in [5.41, 5.74) is 0.324. The molecule has 0 aromatic rings. The van der Waals surface area contributed by atoms with Gasteiger partial charge in [-0.3, -0.25) is 4.79 Å². The maximum Gasteiger partial charge on any atom is 0.226 e. The Kier molecular flexibility index (Phi) is 2.87. The summed E-state index contributed by atoms with van der Waals surface area (Å²) >= 11 is 0. The predicted molar refractivity (Wildman–Crippen MR) is 64.5 cm³/mol. The number of carbonyl (C=O) groups is 1. The maximum atomic E-state index is 12.4. The number of piperidine rings is 1. The highest BCUT2D eigenvalue weighted by Gasteiger charge is 2.59. The number of aliphatic hydroxyl groups is 1. The molecule has 3 fully saturated rings. The first-order valence-corrected chi connectivity index (χ1v) is 6.89. The van der Waals surface area contributed by atoms with E-state index in [0.717, 1.165) is 51.7 Å². The molecule has 0 aromatic carbocycles. The first kappa shape index (κ1) is 11.5. The largest absolute Gasteiger partial charge is 0.394 e. The number of nitrogens with one attached hydrogen (secondary N) is 1. The van der Waals surface area contributed by atoms with Crippen LogP contribution in [0.15, 0.2) is 0 Å². The standard InChI is InChI=1S/C13H22N2O2/c16-9-10-2-1-7-15(10)12(17)11-8-13(11)3-5-14-6-4-13/h10-11,14,16H,1-9H2/t10-,11?/m1/s1. The van der Waals surface area contributed by atoms with Gasteiger partial charge in [0.05, 0.1) is 12.6 Å². The van der Waals surface area contributed by atoms with Crippen LogP contribution in [0.4, 0.5) is 0 Å². The maximum absolute atomic E-state index is 12.4. The fraction of sp³-hybridized carbons (Fsp3) is 0.923. The van der Waals surface area contributed by atoms with Crippen molar-refractivity contribution in [3.8, 4) is 0 Å². The van der Waals surface area contributed by atoms with Crippen LogP contribution in [0.25, 0.3) is 0 Å². The van der Waals surface area contributed by atoms with Gasteiger partial charge < -0.3 is 15.3 Å². The van der Waals surface area contributed by atoms with Crippen LogP contribution in [-0.4, -0.2) is 48.2 Å². The van der Waals surface area contributed by atoms with Crippen LogP contribution in [-0.2, 0) is 4.79 Å². The summed E-state index contributed by atoms with van der Waals surface area (Å²) in [6.45, 7) is 3.11. The minimum Gasteiger partial charge on any atom is -0.394 e. The molecule has 0 radical (unpaired) electrons. The van der Waals surface area contributed by atoms with Crippen molar-refractivity contribution in [3.63, 3.8) is 0 Å². The van der Waals surface area contributed by atoms with Gasteiger partial charge in [-0.05, 0) is 50.6 Å². The Labute approximate surface area is 102 Å². The van der Waals surface area contributed by atoms with Crippen LogP contribution < -0.4 is 5.32 Å². The molecular formula is C13H22N2O2. The van der Waals surface area contributed by atoms with Gasteiger partial charge >= 0.3 is 0 Å². The summed E-state index contributed by atoms with van der Waals surface area (Å²) in [4.78, 5) is 14.4. The molecule has 2 heterocycles. The van der Waals surface area contributed by atoms with E-state index in [1.165, 1.54) is 0 Å². The van der Waals surface area contributed by atoms with Crippen LogP contribution in [0.5, 0.6) is 0 Å². The lowest BCUT2D eigenvalue weighted by atomic mass is 9.91. The number of amides is 1. The third kappa shape index (κ3) is 1.87. The zero-order chi connectivity index (χ0) is 11.9. The zero-order valence-electron chi connectivity index (χ0n) is 10.3. The lowest BCUT2D eigenvalue weighted by molar-refractivity contribution is -0.135. The van der Waals surface area contributed by atoms with Crippen LogP contribution >= 0.6 is 0 Å². The molecule has 3 rings (SSSR count). The lowest BCUT2D eigenvalue weighted by Gasteiger charge is -2.27. The number of hydrogen-bond donors (Lipinski definition) is 2. The molecule has 4 nitrogen and oxygen atoms in total. The number of rotatable bonds is 2. The SMILES string of the molecule is O=C(C1CC12CCNCC2)N1CCC[C@@H]1CO. The molecule has 1 saturated carbocycles. The van der Waals surface area contributed by atoms with Crippen molar-refractivity contribution in [2.45, 2.75) is 38.1 Å². The Bertz CT molecular complexity index is 313. The van der Waals surface area contributed by atoms with E-state index in [4.69, 9.17) is 0 Å². The second-order valence-electron chi connectivity index (χ2n) is 5.88. The third-order valence-corrected chi connectivity index (χ3v) is 4.96. The second kappa shape index (κ2) is 4.25. The van der Waals surface area contributed by atoms with E-state index >= 15 is 0 Å². The molecule has 1 spiro atoms. The molecule has 4 heteroatoms. The highest BCUT2D eigenvalue weighted by Crippen LogP contribution is 2.59. The molecule has 3 aliphatic rings. The van der Waals surface area contributed by atoms with Crippen molar-refractivity contribution in [2.24, 2.45) is 11.3 Å². The van der Waals surface area contributed by atoms with Crippen LogP contribution in [0, 0.1) is 11.3 Å². The topological polar surface area (TPSA) is 52.6 Å². The minimum atomic E-state index is 0.0989.